The fraction of sp³-hybridized carbons (Fsp3) is 0.200. The van der Waals surface area contributed by atoms with Crippen LogP contribution < -0.4 is 15.4 Å². The van der Waals surface area contributed by atoms with Crippen molar-refractivity contribution in [2.24, 2.45) is 0 Å². The number of rotatable bonds is 8. The molecule has 0 unspecified atom stereocenters. The molecule has 3 N–H and O–H groups in total. The number of nitrogen functional groups attached to an aromatic ring is 1. The lowest BCUT2D eigenvalue weighted by molar-refractivity contribution is 0.436. The van der Waals surface area contributed by atoms with E-state index in [1.165, 1.54) is 0 Å². The summed E-state index contributed by atoms with van der Waals surface area (Å²) in [6.07, 6.45) is 9.36. The first kappa shape index (κ1) is 27.5. The van der Waals surface area contributed by atoms with Crippen LogP contribution in [0.2, 0.25) is 0 Å². The number of ether oxygens (including phenoxy) is 1. The minimum Gasteiger partial charge on any atom is -0.439 e. The van der Waals surface area contributed by atoms with Crippen LogP contribution in [0, 0.1) is 22.7 Å². The molecule has 2 aromatic rings. The quantitative estimate of drug-likeness (QED) is 0.189. The molecule has 1 aliphatic carbocycles. The maximum Gasteiger partial charge on any atom is 0.264 e. The van der Waals surface area contributed by atoms with Crippen LogP contribution >= 0.6 is 0 Å². The Labute approximate surface area is 228 Å². The highest BCUT2D eigenvalue weighted by atomic mass is 32.2. The zero-order chi connectivity index (χ0) is 28.0. The molecular weight excluding hydrogens is 512 g/mol. The summed E-state index contributed by atoms with van der Waals surface area (Å²) in [6, 6.07) is 19.0. The molecule has 0 fully saturated rings. The Hall–Kier alpha value is -4.57. The molecule has 0 radical (unpaired) electrons. The minimum atomic E-state index is -4.05. The van der Waals surface area contributed by atoms with Gasteiger partial charge in [-0.1, -0.05) is 36.4 Å². The highest BCUT2D eigenvalue weighted by Gasteiger charge is 2.26. The third-order valence-corrected chi connectivity index (χ3v) is 7.20. The molecule has 0 amide bonds. The average Bonchev–Trinajstić information content (AvgIpc) is 3.50. The first-order chi connectivity index (χ1) is 18.7. The number of anilines is 2. The summed E-state index contributed by atoms with van der Waals surface area (Å²) < 4.78 is 37.6. The minimum absolute atomic E-state index is 0.242. The second-order valence-corrected chi connectivity index (χ2v) is 10.8. The van der Waals surface area contributed by atoms with Crippen molar-refractivity contribution in [2.75, 3.05) is 22.9 Å². The van der Waals surface area contributed by atoms with Crippen molar-refractivity contribution in [1.29, 1.82) is 10.5 Å². The highest BCUT2D eigenvalue weighted by molar-refractivity contribution is 7.85. The lowest BCUT2D eigenvalue weighted by atomic mass is 9.93. The van der Waals surface area contributed by atoms with Gasteiger partial charge in [-0.15, -0.1) is 0 Å². The van der Waals surface area contributed by atoms with Crippen LogP contribution in [0.3, 0.4) is 0 Å². The van der Waals surface area contributed by atoms with Crippen molar-refractivity contribution < 1.29 is 17.7 Å². The summed E-state index contributed by atoms with van der Waals surface area (Å²) in [5, 5.41) is 19.4. The zero-order valence-electron chi connectivity index (χ0n) is 21.5. The van der Waals surface area contributed by atoms with Gasteiger partial charge in [0.2, 0.25) is 5.88 Å². The molecule has 0 atom stereocenters. The number of fused-ring (bicyclic) bond motifs is 1. The first-order valence-corrected chi connectivity index (χ1v) is 14.0. The highest BCUT2D eigenvalue weighted by Crippen LogP contribution is 2.40. The van der Waals surface area contributed by atoms with E-state index in [-0.39, 0.29) is 12.2 Å². The maximum absolute atomic E-state index is 11.2. The van der Waals surface area contributed by atoms with Crippen LogP contribution in [0.15, 0.2) is 101 Å². The number of hydrogen-bond acceptors (Lipinski definition) is 7. The second kappa shape index (κ2) is 11.9. The molecule has 8 nitrogen and oxygen atoms in total. The van der Waals surface area contributed by atoms with Crippen LogP contribution in [0.1, 0.15) is 31.7 Å². The number of nitriles is 2. The predicted molar refractivity (Wildman–Crippen MR) is 152 cm³/mol. The number of allylic oxidation sites excluding steroid dienone is 9. The van der Waals surface area contributed by atoms with Gasteiger partial charge < -0.3 is 15.4 Å². The third kappa shape index (κ3) is 6.85. The van der Waals surface area contributed by atoms with Gasteiger partial charge in [0.1, 0.15) is 0 Å². The molecule has 0 spiro atoms. The summed E-state index contributed by atoms with van der Waals surface area (Å²) in [6.45, 7) is 2.05. The monoisotopic (exact) mass is 540 g/mol. The van der Waals surface area contributed by atoms with E-state index in [1.807, 2.05) is 47.4 Å². The third-order valence-electron chi connectivity index (χ3n) is 6.40. The molecule has 39 heavy (non-hydrogen) atoms. The van der Waals surface area contributed by atoms with Crippen LogP contribution in [-0.2, 0) is 10.1 Å². The van der Waals surface area contributed by atoms with Crippen LogP contribution in [0.4, 0.5) is 11.4 Å². The molecule has 198 valence electrons. The van der Waals surface area contributed by atoms with Gasteiger partial charge in [-0.2, -0.15) is 18.9 Å². The smallest absolute Gasteiger partial charge is 0.264 e. The van der Waals surface area contributed by atoms with Gasteiger partial charge in [0.15, 0.2) is 5.75 Å². The van der Waals surface area contributed by atoms with E-state index in [9.17, 15) is 18.9 Å². The van der Waals surface area contributed by atoms with E-state index in [0.717, 1.165) is 35.2 Å². The molecule has 1 aliphatic heterocycles. The first-order valence-electron chi connectivity index (χ1n) is 12.4. The van der Waals surface area contributed by atoms with Crippen LogP contribution in [0.25, 0.3) is 5.57 Å². The van der Waals surface area contributed by atoms with Gasteiger partial charge in [0, 0.05) is 29.5 Å². The Morgan fingerprint density at radius 1 is 1.13 bits per heavy atom. The van der Waals surface area contributed by atoms with Crippen molar-refractivity contribution in [2.45, 2.75) is 26.2 Å². The molecule has 9 heteroatoms. The molecule has 0 saturated carbocycles. The summed E-state index contributed by atoms with van der Waals surface area (Å²) >= 11 is 0. The Bertz CT molecular complexity index is 1620. The van der Waals surface area contributed by atoms with E-state index in [2.05, 4.69) is 12.1 Å². The molecule has 1 heterocycles. The van der Waals surface area contributed by atoms with Gasteiger partial charge in [-0.05, 0) is 73.2 Å². The van der Waals surface area contributed by atoms with Crippen LogP contribution in [0.5, 0.6) is 5.75 Å². The molecule has 0 aromatic heterocycles. The number of para-hydroxylation sites is 2. The predicted octanol–water partition coefficient (Wildman–Crippen LogP) is 5.68. The summed E-state index contributed by atoms with van der Waals surface area (Å²) in [5.41, 5.74) is 11.4. The fourth-order valence-electron chi connectivity index (χ4n) is 4.52. The Morgan fingerprint density at radius 2 is 1.87 bits per heavy atom. The van der Waals surface area contributed by atoms with Gasteiger partial charge >= 0.3 is 0 Å². The Morgan fingerprint density at radius 3 is 2.56 bits per heavy atom. The zero-order valence-corrected chi connectivity index (χ0v) is 22.3. The number of benzene rings is 2. The standard InChI is InChI=1S/C30H28N4O4S/c1-21(19-31)30(24-11-13-26(33)14-12-24)25(20-32)10-9-22-7-8-23(17-22)18-29-34(15-4-16-39(35,36)37)27-5-2-3-6-28(27)38-29/h2-3,5-6,9-14,17-18H,4,7-8,15-16,33H2,1H3,(H,35,36,37)/b22-9+,25-10+,29-18-,30-21-. The molecule has 0 saturated heterocycles. The van der Waals surface area contributed by atoms with Gasteiger partial charge in [0.05, 0.1) is 29.2 Å². The normalized spacial score (nSPS) is 17.8. The fourth-order valence-corrected chi connectivity index (χ4v) is 5.01. The van der Waals surface area contributed by atoms with Crippen LogP contribution in [-0.4, -0.2) is 25.3 Å². The molecule has 2 aliphatic rings. The molecule has 2 aromatic carbocycles. The van der Waals surface area contributed by atoms with E-state index < -0.39 is 10.1 Å². The summed E-state index contributed by atoms with van der Waals surface area (Å²) in [7, 11) is -4.05. The van der Waals surface area contributed by atoms with Gasteiger partial charge in [-0.25, -0.2) is 0 Å². The van der Waals surface area contributed by atoms with Crippen molar-refractivity contribution in [1.82, 2.24) is 0 Å². The number of nitrogens with two attached hydrogens (primary N) is 1. The maximum atomic E-state index is 11.2. The average molecular weight is 541 g/mol. The van der Waals surface area contributed by atoms with Crippen molar-refractivity contribution in [3.63, 3.8) is 0 Å². The lowest BCUT2D eigenvalue weighted by Gasteiger charge is -2.18. The van der Waals surface area contributed by atoms with E-state index in [1.54, 1.807) is 37.3 Å². The Kier molecular flexibility index (Phi) is 8.36. The van der Waals surface area contributed by atoms with Crippen molar-refractivity contribution >= 4 is 27.1 Å². The summed E-state index contributed by atoms with van der Waals surface area (Å²) in [5.74, 6) is 0.937. The van der Waals surface area contributed by atoms with Gasteiger partial charge in [-0.3, -0.25) is 4.55 Å². The molecule has 4 rings (SSSR count). The topological polar surface area (TPSA) is 140 Å². The molecule has 0 bridgehead atoms. The van der Waals surface area contributed by atoms with Crippen molar-refractivity contribution in [3.8, 4) is 17.9 Å². The van der Waals surface area contributed by atoms with E-state index in [0.29, 0.717) is 40.6 Å². The Balaban J connectivity index is 1.59. The van der Waals surface area contributed by atoms with Gasteiger partial charge in [0.25, 0.3) is 10.1 Å². The largest absolute Gasteiger partial charge is 0.439 e. The van der Waals surface area contributed by atoms with Crippen molar-refractivity contribution in [3.05, 3.63) is 107 Å². The SMILES string of the molecule is C/C(C#N)=C(/C(C#N)=C/C=C1C=C(/C=C2\Oc3ccccc3N2CCCS(=O)(=O)O)CC/1)c1ccc(N)cc1. The van der Waals surface area contributed by atoms with E-state index >= 15 is 0 Å². The second-order valence-electron chi connectivity index (χ2n) is 9.23. The number of hydrogen-bond donors (Lipinski definition) is 2. The summed E-state index contributed by atoms with van der Waals surface area (Å²) in [4.78, 5) is 1.91. The lowest BCUT2D eigenvalue weighted by Crippen LogP contribution is -2.23. The van der Waals surface area contributed by atoms with E-state index in [4.69, 9.17) is 15.0 Å². The molecular formula is C30H28N4O4S. The number of nitrogens with zero attached hydrogens (tertiary/aromatic N) is 3.